The van der Waals surface area contributed by atoms with Gasteiger partial charge in [0.05, 0.1) is 19.5 Å². The van der Waals surface area contributed by atoms with Gasteiger partial charge >= 0.3 is 5.97 Å². The van der Waals surface area contributed by atoms with Gasteiger partial charge in [-0.25, -0.2) is 14.8 Å². The number of amides is 1. The van der Waals surface area contributed by atoms with Crippen LogP contribution in [-0.2, 0) is 5.41 Å². The van der Waals surface area contributed by atoms with Gasteiger partial charge in [0, 0.05) is 11.1 Å². The summed E-state index contributed by atoms with van der Waals surface area (Å²) in [6, 6.07) is 5.64. The Bertz CT molecular complexity index is 967. The van der Waals surface area contributed by atoms with Crippen molar-refractivity contribution in [2.75, 3.05) is 12.4 Å². The molecular weight excluding hydrogens is 382 g/mol. The van der Waals surface area contributed by atoms with Crippen molar-refractivity contribution >= 4 is 17.7 Å². The lowest BCUT2D eigenvalue weighted by Crippen LogP contribution is -2.48. The molecule has 2 N–H and O–H groups in total. The third kappa shape index (κ3) is 3.22. The number of rotatable bonds is 5. The molecular formula is C23H25N3O4. The third-order valence-corrected chi connectivity index (χ3v) is 7.18. The smallest absolute Gasteiger partial charge is 0.356 e. The van der Waals surface area contributed by atoms with Gasteiger partial charge in [-0.3, -0.25) is 4.79 Å². The van der Waals surface area contributed by atoms with Gasteiger partial charge in [-0.1, -0.05) is 0 Å². The van der Waals surface area contributed by atoms with E-state index in [1.807, 2.05) is 12.1 Å². The second-order valence-corrected chi connectivity index (χ2v) is 9.16. The van der Waals surface area contributed by atoms with Gasteiger partial charge in [0.15, 0.2) is 11.5 Å². The zero-order valence-electron chi connectivity index (χ0n) is 16.9. The number of hydrogen-bond donors (Lipinski definition) is 2. The van der Waals surface area contributed by atoms with Crippen molar-refractivity contribution in [3.8, 4) is 5.75 Å². The summed E-state index contributed by atoms with van der Waals surface area (Å²) in [6.45, 7) is 0. The molecule has 0 spiro atoms. The molecule has 1 heterocycles. The molecule has 0 atom stereocenters. The maximum absolute atomic E-state index is 12.9. The number of anilines is 1. The zero-order chi connectivity index (χ0) is 20.9. The summed E-state index contributed by atoms with van der Waals surface area (Å²) in [7, 11) is 1.69. The van der Waals surface area contributed by atoms with Crippen LogP contribution in [0.1, 0.15) is 64.9 Å². The highest BCUT2D eigenvalue weighted by atomic mass is 16.5. The Morgan fingerprint density at radius 2 is 1.73 bits per heavy atom. The number of methoxy groups -OCH3 is 1. The number of hydrogen-bond acceptors (Lipinski definition) is 5. The molecule has 0 aliphatic heterocycles. The number of aromatic nitrogens is 2. The number of nitrogens with zero attached hydrogens (tertiary/aromatic N) is 2. The molecule has 4 bridgehead atoms. The van der Waals surface area contributed by atoms with Crippen molar-refractivity contribution in [2.45, 2.75) is 43.9 Å². The average molecular weight is 407 g/mol. The van der Waals surface area contributed by atoms with Gasteiger partial charge < -0.3 is 15.2 Å². The molecule has 4 saturated carbocycles. The summed E-state index contributed by atoms with van der Waals surface area (Å²) in [5.74, 6) is 2.01. The van der Waals surface area contributed by atoms with Crippen LogP contribution in [-0.4, -0.2) is 34.1 Å². The Balaban J connectivity index is 1.43. The molecule has 0 unspecified atom stereocenters. The van der Waals surface area contributed by atoms with Crippen LogP contribution in [0.25, 0.3) is 0 Å². The summed E-state index contributed by atoms with van der Waals surface area (Å²) in [5.41, 5.74) is 1.65. The number of carbonyl (C=O) groups excluding carboxylic acids is 1. The molecule has 30 heavy (non-hydrogen) atoms. The Morgan fingerprint density at radius 3 is 2.27 bits per heavy atom. The number of benzene rings is 1. The number of ether oxygens (including phenoxy) is 1. The van der Waals surface area contributed by atoms with Gasteiger partial charge in [0.1, 0.15) is 5.75 Å². The predicted octanol–water partition coefficient (Wildman–Crippen LogP) is 3.90. The van der Waals surface area contributed by atoms with Gasteiger partial charge in [0.2, 0.25) is 0 Å². The van der Waals surface area contributed by atoms with E-state index >= 15 is 0 Å². The summed E-state index contributed by atoms with van der Waals surface area (Å²) in [4.78, 5) is 31.6. The summed E-state index contributed by atoms with van der Waals surface area (Å²) in [6.07, 6.45) is 10.00. The van der Waals surface area contributed by atoms with Crippen molar-refractivity contribution in [3.63, 3.8) is 0 Å². The summed E-state index contributed by atoms with van der Waals surface area (Å²) < 4.78 is 5.71. The first-order valence-electron chi connectivity index (χ1n) is 10.5. The maximum atomic E-state index is 12.9. The molecule has 1 amide bonds. The fraction of sp³-hybridized carbons (Fsp3) is 0.478. The van der Waals surface area contributed by atoms with Gasteiger partial charge in [-0.15, -0.1) is 0 Å². The lowest BCUT2D eigenvalue weighted by Gasteiger charge is -2.57. The van der Waals surface area contributed by atoms with Crippen LogP contribution in [0.2, 0.25) is 0 Å². The average Bonchev–Trinajstić information content (AvgIpc) is 2.72. The number of carboxylic acids is 1. The van der Waals surface area contributed by atoms with E-state index in [0.717, 1.165) is 35.3 Å². The molecule has 7 nitrogen and oxygen atoms in total. The Kier molecular flexibility index (Phi) is 4.49. The number of carboxylic acid groups (broad SMARTS) is 1. The van der Waals surface area contributed by atoms with Crippen molar-refractivity contribution < 1.29 is 19.4 Å². The van der Waals surface area contributed by atoms with Crippen LogP contribution in [0, 0.1) is 17.8 Å². The zero-order valence-corrected chi connectivity index (χ0v) is 16.9. The minimum absolute atomic E-state index is 0.110. The van der Waals surface area contributed by atoms with Crippen molar-refractivity contribution in [1.29, 1.82) is 0 Å². The van der Waals surface area contributed by atoms with Crippen LogP contribution >= 0.6 is 0 Å². The summed E-state index contributed by atoms with van der Waals surface area (Å²) in [5, 5.41) is 11.6. The van der Waals surface area contributed by atoms with E-state index in [4.69, 9.17) is 9.84 Å². The molecule has 2 aromatic rings. The maximum Gasteiger partial charge on any atom is 0.356 e. The van der Waals surface area contributed by atoms with Crippen molar-refractivity contribution in [3.05, 3.63) is 47.4 Å². The Labute approximate surface area is 174 Å². The van der Waals surface area contributed by atoms with Crippen LogP contribution in [0.5, 0.6) is 5.75 Å². The number of carbonyl (C=O) groups is 2. The lowest BCUT2D eigenvalue weighted by molar-refractivity contribution is -0.00617. The monoisotopic (exact) mass is 407 g/mol. The van der Waals surface area contributed by atoms with Crippen molar-refractivity contribution in [2.24, 2.45) is 17.8 Å². The normalized spacial score (nSPS) is 28.9. The molecule has 0 radical (unpaired) electrons. The fourth-order valence-corrected chi connectivity index (χ4v) is 6.40. The van der Waals surface area contributed by atoms with Gasteiger partial charge in [-0.2, -0.15) is 0 Å². The SMILES string of the molecule is COc1ccc(C(=O)Nc2cnc(C(=O)O)cn2)cc1C12CC3CC(CC(C3)C1)C2. The topological polar surface area (TPSA) is 101 Å². The van der Waals surface area contributed by atoms with Crippen LogP contribution in [0.4, 0.5) is 5.82 Å². The van der Waals surface area contributed by atoms with Gasteiger partial charge in [-0.05, 0) is 79.9 Å². The molecule has 7 heteroatoms. The van der Waals surface area contributed by atoms with E-state index in [9.17, 15) is 9.59 Å². The molecule has 4 aliphatic carbocycles. The van der Waals surface area contributed by atoms with E-state index in [1.54, 1.807) is 13.2 Å². The molecule has 1 aromatic heterocycles. The first-order valence-corrected chi connectivity index (χ1v) is 10.5. The third-order valence-electron chi connectivity index (χ3n) is 7.18. The quantitative estimate of drug-likeness (QED) is 0.779. The second-order valence-electron chi connectivity index (χ2n) is 9.16. The van der Waals surface area contributed by atoms with Crippen molar-refractivity contribution in [1.82, 2.24) is 9.97 Å². The van der Waals surface area contributed by atoms with Crippen LogP contribution < -0.4 is 10.1 Å². The first-order chi connectivity index (χ1) is 14.5. The van der Waals surface area contributed by atoms with Crippen LogP contribution in [0.15, 0.2) is 30.6 Å². The largest absolute Gasteiger partial charge is 0.496 e. The minimum atomic E-state index is -1.16. The molecule has 6 rings (SSSR count). The fourth-order valence-electron chi connectivity index (χ4n) is 6.40. The van der Waals surface area contributed by atoms with E-state index in [1.165, 1.54) is 44.7 Å². The van der Waals surface area contributed by atoms with Gasteiger partial charge in [0.25, 0.3) is 5.91 Å². The highest BCUT2D eigenvalue weighted by Gasteiger charge is 2.52. The number of nitrogens with one attached hydrogen (secondary N) is 1. The Morgan fingerprint density at radius 1 is 1.07 bits per heavy atom. The molecule has 1 aromatic carbocycles. The summed E-state index contributed by atoms with van der Waals surface area (Å²) >= 11 is 0. The molecule has 4 aliphatic rings. The second kappa shape index (κ2) is 7.07. The van der Waals surface area contributed by atoms with E-state index < -0.39 is 5.97 Å². The minimum Gasteiger partial charge on any atom is -0.496 e. The Hall–Kier alpha value is -2.96. The van der Waals surface area contributed by atoms with Crippen LogP contribution in [0.3, 0.4) is 0 Å². The molecule has 4 fully saturated rings. The highest BCUT2D eigenvalue weighted by Crippen LogP contribution is 2.61. The molecule has 156 valence electrons. The highest BCUT2D eigenvalue weighted by molar-refractivity contribution is 6.04. The number of aromatic carboxylic acids is 1. The van der Waals surface area contributed by atoms with E-state index in [-0.39, 0.29) is 22.8 Å². The molecule has 0 saturated heterocycles. The first kappa shape index (κ1) is 19.0. The van der Waals surface area contributed by atoms with E-state index in [0.29, 0.717) is 5.56 Å². The lowest BCUT2D eigenvalue weighted by atomic mass is 9.48. The standard InChI is InChI=1S/C23H25N3O4/c1-30-19-3-2-16(21(27)26-20-12-24-18(11-25-20)22(28)29)7-17(19)23-8-13-4-14(9-23)6-15(5-13)10-23/h2-3,7,11-15H,4-6,8-10H2,1H3,(H,28,29)(H,25,26,27). The van der Waals surface area contributed by atoms with E-state index in [2.05, 4.69) is 15.3 Å². The predicted molar refractivity (Wildman–Crippen MR) is 110 cm³/mol.